The predicted molar refractivity (Wildman–Crippen MR) is 134 cm³/mol. The molecule has 0 aliphatic carbocycles. The number of methoxy groups -OCH3 is 2. The number of ether oxygens (including phenoxy) is 3. The van der Waals surface area contributed by atoms with Crippen LogP contribution in [0.5, 0.6) is 11.5 Å². The van der Waals surface area contributed by atoms with Gasteiger partial charge in [0.25, 0.3) is 11.6 Å². The van der Waals surface area contributed by atoms with E-state index < -0.39 is 27.4 Å². The largest absolute Gasteiger partial charge is 0.497 e. The topological polar surface area (TPSA) is 153 Å². The van der Waals surface area contributed by atoms with Crippen molar-refractivity contribution in [2.75, 3.05) is 62.5 Å². The van der Waals surface area contributed by atoms with Crippen molar-refractivity contribution in [3.63, 3.8) is 0 Å². The third-order valence-corrected chi connectivity index (χ3v) is 6.44. The summed E-state index contributed by atoms with van der Waals surface area (Å²) in [6.45, 7) is 1.64. The summed E-state index contributed by atoms with van der Waals surface area (Å²) in [5, 5.41) is 15.2. The number of benzene rings is 2. The van der Waals surface area contributed by atoms with E-state index in [1.54, 1.807) is 12.1 Å². The Bertz CT molecular complexity index is 1240. The number of amides is 1. The van der Waals surface area contributed by atoms with Crippen molar-refractivity contribution < 1.29 is 32.3 Å². The molecule has 0 spiro atoms. The predicted octanol–water partition coefficient (Wildman–Crippen LogP) is 1.36. The van der Waals surface area contributed by atoms with Crippen molar-refractivity contribution >= 4 is 39.2 Å². The van der Waals surface area contributed by atoms with Crippen LogP contribution in [0.3, 0.4) is 0 Å². The fourth-order valence-electron chi connectivity index (χ4n) is 3.56. The Morgan fingerprint density at radius 2 is 1.94 bits per heavy atom. The van der Waals surface area contributed by atoms with Crippen LogP contribution >= 0.6 is 0 Å². The molecule has 0 radical (unpaired) electrons. The van der Waals surface area contributed by atoms with E-state index in [0.29, 0.717) is 43.3 Å². The molecule has 194 valence electrons. The van der Waals surface area contributed by atoms with Gasteiger partial charge in [-0.05, 0) is 18.2 Å². The number of non-ortho nitro benzene ring substituents is 1. The van der Waals surface area contributed by atoms with Crippen molar-refractivity contribution in [3.8, 4) is 11.5 Å². The third kappa shape index (κ3) is 6.60. The van der Waals surface area contributed by atoms with E-state index in [4.69, 9.17) is 14.2 Å². The normalized spacial score (nSPS) is 13.9. The molecular weight excluding hydrogens is 494 g/mol. The van der Waals surface area contributed by atoms with Gasteiger partial charge in [0.15, 0.2) is 0 Å². The lowest BCUT2D eigenvalue weighted by Gasteiger charge is -2.29. The maximum atomic E-state index is 12.6. The SMILES string of the molecule is COc1ccc(N(CC(=O)N/N=C\c2cc([N+](=O)[O-])ccc2N2CCOCC2)S(C)(=O)=O)c(OC)c1. The van der Waals surface area contributed by atoms with Crippen molar-refractivity contribution in [1.82, 2.24) is 5.43 Å². The van der Waals surface area contributed by atoms with Crippen molar-refractivity contribution in [1.29, 1.82) is 0 Å². The molecule has 1 aliphatic rings. The number of rotatable bonds is 10. The molecule has 13 nitrogen and oxygen atoms in total. The zero-order chi connectivity index (χ0) is 26.3. The zero-order valence-corrected chi connectivity index (χ0v) is 20.9. The maximum Gasteiger partial charge on any atom is 0.270 e. The lowest BCUT2D eigenvalue weighted by atomic mass is 10.1. The number of nitro groups is 1. The molecule has 1 aliphatic heterocycles. The van der Waals surface area contributed by atoms with E-state index >= 15 is 0 Å². The monoisotopic (exact) mass is 521 g/mol. The highest BCUT2D eigenvalue weighted by atomic mass is 32.2. The van der Waals surface area contributed by atoms with Gasteiger partial charge >= 0.3 is 0 Å². The molecule has 0 atom stereocenters. The summed E-state index contributed by atoms with van der Waals surface area (Å²) in [7, 11) is -1.04. The Kier molecular flexibility index (Phi) is 8.66. The van der Waals surface area contributed by atoms with Gasteiger partial charge in [0.2, 0.25) is 10.0 Å². The molecule has 3 rings (SSSR count). The number of nitrogens with zero attached hydrogens (tertiary/aromatic N) is 4. The van der Waals surface area contributed by atoms with Crippen LogP contribution in [0.25, 0.3) is 0 Å². The molecule has 36 heavy (non-hydrogen) atoms. The van der Waals surface area contributed by atoms with E-state index in [1.165, 1.54) is 44.7 Å². The molecule has 2 aromatic rings. The molecule has 1 heterocycles. The first-order valence-corrected chi connectivity index (χ1v) is 12.6. The van der Waals surface area contributed by atoms with E-state index in [0.717, 1.165) is 10.6 Å². The van der Waals surface area contributed by atoms with Gasteiger partial charge in [0.05, 0.1) is 50.5 Å². The van der Waals surface area contributed by atoms with Crippen LogP contribution in [0.2, 0.25) is 0 Å². The van der Waals surface area contributed by atoms with Gasteiger partial charge in [-0.1, -0.05) is 0 Å². The highest BCUT2D eigenvalue weighted by molar-refractivity contribution is 7.92. The summed E-state index contributed by atoms with van der Waals surface area (Å²) in [4.78, 5) is 25.3. The number of hydrazone groups is 1. The molecule has 1 saturated heterocycles. The number of hydrogen-bond donors (Lipinski definition) is 1. The summed E-state index contributed by atoms with van der Waals surface area (Å²) in [5.41, 5.74) is 3.42. The first-order valence-electron chi connectivity index (χ1n) is 10.8. The van der Waals surface area contributed by atoms with Crippen LogP contribution in [0.1, 0.15) is 5.56 Å². The standard InChI is InChI=1S/C22H27N5O8S/c1-33-18-5-7-20(21(13-18)34-2)26(36(3,31)32)15-22(28)24-23-14-16-12-17(27(29)30)4-6-19(16)25-8-10-35-11-9-25/h4-7,12-14H,8-11,15H2,1-3H3,(H,24,28)/b23-14-. The van der Waals surface area contributed by atoms with Crippen LogP contribution in [-0.4, -0.2) is 78.8 Å². The Morgan fingerprint density at radius 1 is 1.22 bits per heavy atom. The van der Waals surface area contributed by atoms with Gasteiger partial charge in [-0.15, -0.1) is 0 Å². The van der Waals surface area contributed by atoms with Gasteiger partial charge in [-0.2, -0.15) is 5.10 Å². The van der Waals surface area contributed by atoms with Gasteiger partial charge in [0, 0.05) is 42.5 Å². The second kappa shape index (κ2) is 11.7. The smallest absolute Gasteiger partial charge is 0.270 e. The van der Waals surface area contributed by atoms with Crippen LogP contribution in [0.15, 0.2) is 41.5 Å². The van der Waals surface area contributed by atoms with E-state index in [-0.39, 0.29) is 17.1 Å². The molecule has 2 aromatic carbocycles. The summed E-state index contributed by atoms with van der Waals surface area (Å²) >= 11 is 0. The summed E-state index contributed by atoms with van der Waals surface area (Å²) < 4.78 is 41.5. The molecule has 0 bridgehead atoms. The first-order chi connectivity index (χ1) is 17.1. The molecule has 0 unspecified atom stereocenters. The highest BCUT2D eigenvalue weighted by Gasteiger charge is 2.24. The third-order valence-electron chi connectivity index (χ3n) is 5.31. The number of nitrogens with one attached hydrogen (secondary N) is 1. The molecule has 1 amide bonds. The van der Waals surface area contributed by atoms with Gasteiger partial charge < -0.3 is 19.1 Å². The Morgan fingerprint density at radius 3 is 2.56 bits per heavy atom. The Hall–Kier alpha value is -3.91. The summed E-state index contributed by atoms with van der Waals surface area (Å²) in [6, 6.07) is 8.87. The fourth-order valence-corrected chi connectivity index (χ4v) is 4.42. The molecule has 1 N–H and O–H groups in total. The van der Waals surface area contributed by atoms with Crippen LogP contribution in [-0.2, 0) is 19.6 Å². The van der Waals surface area contributed by atoms with Crippen LogP contribution in [0, 0.1) is 10.1 Å². The minimum absolute atomic E-state index is 0.130. The number of nitro benzene ring substituents is 1. The second-order valence-corrected chi connectivity index (χ2v) is 9.61. The first kappa shape index (κ1) is 26.7. The Labute approximate surface area is 208 Å². The molecule has 0 saturated carbocycles. The number of anilines is 2. The average molecular weight is 522 g/mol. The number of hydrogen-bond acceptors (Lipinski definition) is 10. The molecule has 14 heteroatoms. The number of carbonyl (C=O) groups is 1. The number of carbonyl (C=O) groups excluding carboxylic acids is 1. The van der Waals surface area contributed by atoms with Crippen molar-refractivity contribution in [2.24, 2.45) is 5.10 Å². The van der Waals surface area contributed by atoms with Crippen LogP contribution in [0.4, 0.5) is 17.1 Å². The van der Waals surface area contributed by atoms with Gasteiger partial charge in [-0.3, -0.25) is 19.2 Å². The minimum Gasteiger partial charge on any atom is -0.497 e. The van der Waals surface area contributed by atoms with Gasteiger partial charge in [0.1, 0.15) is 18.0 Å². The quantitative estimate of drug-likeness (QED) is 0.277. The lowest BCUT2D eigenvalue weighted by molar-refractivity contribution is -0.384. The zero-order valence-electron chi connectivity index (χ0n) is 20.0. The summed E-state index contributed by atoms with van der Waals surface area (Å²) in [5.74, 6) is -0.0816. The van der Waals surface area contributed by atoms with Crippen molar-refractivity contribution in [3.05, 3.63) is 52.1 Å². The molecule has 0 aromatic heterocycles. The maximum absolute atomic E-state index is 12.6. The lowest BCUT2D eigenvalue weighted by Crippen LogP contribution is -2.39. The summed E-state index contributed by atoms with van der Waals surface area (Å²) in [6.07, 6.45) is 2.25. The average Bonchev–Trinajstić information content (AvgIpc) is 2.86. The van der Waals surface area contributed by atoms with Crippen LogP contribution < -0.4 is 24.1 Å². The fraction of sp³-hybridized carbons (Fsp3) is 0.364. The van der Waals surface area contributed by atoms with Gasteiger partial charge in [-0.25, -0.2) is 13.8 Å². The number of morpholine rings is 1. The molecule has 1 fully saturated rings. The van der Waals surface area contributed by atoms with E-state index in [9.17, 15) is 23.3 Å². The number of sulfonamides is 1. The van der Waals surface area contributed by atoms with E-state index in [2.05, 4.69) is 10.5 Å². The second-order valence-electron chi connectivity index (χ2n) is 7.70. The van der Waals surface area contributed by atoms with E-state index in [1.807, 2.05) is 4.90 Å². The van der Waals surface area contributed by atoms with Crippen molar-refractivity contribution in [2.45, 2.75) is 0 Å². The highest BCUT2D eigenvalue weighted by Crippen LogP contribution is 2.33. The molecular formula is C22H27N5O8S. The Balaban J connectivity index is 1.80. The minimum atomic E-state index is -3.87.